The van der Waals surface area contributed by atoms with Gasteiger partial charge in [-0.25, -0.2) is 0 Å². The predicted octanol–water partition coefficient (Wildman–Crippen LogP) is 2.76. The van der Waals surface area contributed by atoms with E-state index in [2.05, 4.69) is 35.8 Å². The molecule has 1 aliphatic rings. The van der Waals surface area contributed by atoms with Gasteiger partial charge < -0.3 is 9.67 Å². The van der Waals surface area contributed by atoms with Crippen molar-refractivity contribution < 1.29 is 5.11 Å². The lowest BCUT2D eigenvalue weighted by atomic mass is 9.88. The minimum absolute atomic E-state index is 0.222. The maximum Gasteiger partial charge on any atom is 0.0610 e. The van der Waals surface area contributed by atoms with Gasteiger partial charge in [0.25, 0.3) is 0 Å². The van der Waals surface area contributed by atoms with Crippen LogP contribution in [0.3, 0.4) is 0 Å². The Morgan fingerprint density at radius 3 is 3.00 bits per heavy atom. The molecule has 0 saturated carbocycles. The van der Waals surface area contributed by atoms with Crippen LogP contribution in [0.15, 0.2) is 24.3 Å². The number of para-hydroxylation sites is 1. The molecule has 2 aromatic rings. The van der Waals surface area contributed by atoms with Crippen molar-refractivity contribution in [3.63, 3.8) is 0 Å². The minimum atomic E-state index is 0.222. The molecule has 1 N–H and O–H groups in total. The van der Waals surface area contributed by atoms with Crippen LogP contribution >= 0.6 is 0 Å². The van der Waals surface area contributed by atoms with Gasteiger partial charge >= 0.3 is 0 Å². The van der Waals surface area contributed by atoms with Gasteiger partial charge in [0.05, 0.1) is 6.61 Å². The highest BCUT2D eigenvalue weighted by Gasteiger charge is 2.22. The molecule has 1 unspecified atom stereocenters. The molecule has 2 nitrogen and oxygen atoms in total. The van der Waals surface area contributed by atoms with Crippen molar-refractivity contribution in [3.05, 3.63) is 35.5 Å². The van der Waals surface area contributed by atoms with Crippen molar-refractivity contribution in [1.82, 2.24) is 4.57 Å². The van der Waals surface area contributed by atoms with Gasteiger partial charge in [0.2, 0.25) is 0 Å². The van der Waals surface area contributed by atoms with Crippen molar-refractivity contribution in [2.24, 2.45) is 5.92 Å². The molecule has 1 aromatic heterocycles. The standard InChI is InChI=1S/C15H19NO/c1-11-6-7-13-12-4-2-3-5-14(12)16(8-9-17)15(13)10-11/h2-5,11,17H,6-10H2,1H3. The lowest BCUT2D eigenvalue weighted by Crippen LogP contribution is -2.15. The monoisotopic (exact) mass is 229 g/mol. The number of aliphatic hydroxyl groups is 1. The minimum Gasteiger partial charge on any atom is -0.395 e. The highest BCUT2D eigenvalue weighted by molar-refractivity contribution is 5.85. The Morgan fingerprint density at radius 2 is 2.18 bits per heavy atom. The smallest absolute Gasteiger partial charge is 0.0610 e. The van der Waals surface area contributed by atoms with E-state index in [9.17, 15) is 5.11 Å². The Kier molecular flexibility index (Phi) is 2.67. The third-order valence-electron chi connectivity index (χ3n) is 3.95. The Bertz CT molecular complexity index is 541. The van der Waals surface area contributed by atoms with Crippen LogP contribution in [0.4, 0.5) is 0 Å². The molecule has 0 spiro atoms. The summed E-state index contributed by atoms with van der Waals surface area (Å²) >= 11 is 0. The van der Waals surface area contributed by atoms with Crippen molar-refractivity contribution in [2.75, 3.05) is 6.61 Å². The molecule has 0 bridgehead atoms. The number of aromatic nitrogens is 1. The Balaban J connectivity index is 2.24. The second-order valence-corrected chi connectivity index (χ2v) is 5.17. The first kappa shape index (κ1) is 10.8. The number of aliphatic hydroxyl groups excluding tert-OH is 1. The maximum atomic E-state index is 9.24. The highest BCUT2D eigenvalue weighted by atomic mass is 16.3. The van der Waals surface area contributed by atoms with E-state index >= 15 is 0 Å². The zero-order chi connectivity index (χ0) is 11.8. The van der Waals surface area contributed by atoms with Gasteiger partial charge in [-0.15, -0.1) is 0 Å². The molecule has 2 heteroatoms. The van der Waals surface area contributed by atoms with Crippen LogP contribution in [-0.2, 0) is 19.4 Å². The van der Waals surface area contributed by atoms with Crippen molar-refractivity contribution in [3.8, 4) is 0 Å². The first-order valence-electron chi connectivity index (χ1n) is 6.51. The van der Waals surface area contributed by atoms with Gasteiger partial charge in [0.15, 0.2) is 0 Å². The van der Waals surface area contributed by atoms with Gasteiger partial charge in [0, 0.05) is 23.1 Å². The summed E-state index contributed by atoms with van der Waals surface area (Å²) in [6.45, 7) is 3.27. The Morgan fingerprint density at radius 1 is 1.35 bits per heavy atom. The fourth-order valence-electron chi connectivity index (χ4n) is 3.12. The number of hydrogen-bond donors (Lipinski definition) is 1. The lowest BCUT2D eigenvalue weighted by molar-refractivity contribution is 0.275. The summed E-state index contributed by atoms with van der Waals surface area (Å²) in [5.74, 6) is 0.768. The van der Waals surface area contributed by atoms with Gasteiger partial charge in [-0.3, -0.25) is 0 Å². The fraction of sp³-hybridized carbons (Fsp3) is 0.467. The Hall–Kier alpha value is -1.28. The van der Waals surface area contributed by atoms with E-state index in [1.165, 1.54) is 35.0 Å². The number of aryl methyl sites for hydroxylation is 1. The second kappa shape index (κ2) is 4.19. The average Bonchev–Trinajstić information content (AvgIpc) is 2.65. The van der Waals surface area contributed by atoms with Crippen molar-refractivity contribution >= 4 is 10.9 Å². The van der Waals surface area contributed by atoms with E-state index in [0.717, 1.165) is 18.9 Å². The van der Waals surface area contributed by atoms with E-state index in [4.69, 9.17) is 0 Å². The summed E-state index contributed by atoms with van der Waals surface area (Å²) < 4.78 is 2.32. The molecule has 1 aliphatic carbocycles. The van der Waals surface area contributed by atoms with Crippen LogP contribution in [0.2, 0.25) is 0 Å². The van der Waals surface area contributed by atoms with Crippen LogP contribution in [0.25, 0.3) is 10.9 Å². The maximum absolute atomic E-state index is 9.24. The first-order valence-corrected chi connectivity index (χ1v) is 6.51. The summed E-state index contributed by atoms with van der Waals surface area (Å²) in [5, 5.41) is 10.6. The van der Waals surface area contributed by atoms with Crippen LogP contribution in [0.5, 0.6) is 0 Å². The molecule has 3 rings (SSSR count). The molecule has 0 fully saturated rings. The molecule has 17 heavy (non-hydrogen) atoms. The van der Waals surface area contributed by atoms with Crippen molar-refractivity contribution in [2.45, 2.75) is 32.7 Å². The van der Waals surface area contributed by atoms with E-state index in [1.54, 1.807) is 0 Å². The van der Waals surface area contributed by atoms with Crippen LogP contribution < -0.4 is 0 Å². The van der Waals surface area contributed by atoms with Gasteiger partial charge in [0.1, 0.15) is 0 Å². The molecular weight excluding hydrogens is 210 g/mol. The van der Waals surface area contributed by atoms with E-state index < -0.39 is 0 Å². The normalized spacial score (nSPS) is 19.5. The van der Waals surface area contributed by atoms with E-state index in [-0.39, 0.29) is 6.61 Å². The SMILES string of the molecule is CC1CCc2c(n(CCO)c3ccccc23)C1. The molecule has 0 amide bonds. The van der Waals surface area contributed by atoms with Crippen LogP contribution in [0, 0.1) is 5.92 Å². The lowest BCUT2D eigenvalue weighted by Gasteiger charge is -2.21. The Labute approximate surface area is 102 Å². The van der Waals surface area contributed by atoms with Gasteiger partial charge in [-0.2, -0.15) is 0 Å². The number of nitrogens with zero attached hydrogens (tertiary/aromatic N) is 1. The number of rotatable bonds is 2. The molecule has 1 aromatic carbocycles. The van der Waals surface area contributed by atoms with Crippen molar-refractivity contribution in [1.29, 1.82) is 0 Å². The molecule has 1 heterocycles. The topological polar surface area (TPSA) is 25.2 Å². The summed E-state index contributed by atoms with van der Waals surface area (Å²) in [6, 6.07) is 8.60. The fourth-order valence-corrected chi connectivity index (χ4v) is 3.12. The summed E-state index contributed by atoms with van der Waals surface area (Å²) in [6.07, 6.45) is 3.64. The summed E-state index contributed by atoms with van der Waals surface area (Å²) in [5.41, 5.74) is 4.27. The van der Waals surface area contributed by atoms with Crippen LogP contribution in [-0.4, -0.2) is 16.3 Å². The molecule has 0 radical (unpaired) electrons. The summed E-state index contributed by atoms with van der Waals surface area (Å²) in [4.78, 5) is 0. The van der Waals surface area contributed by atoms with E-state index in [0.29, 0.717) is 0 Å². The third kappa shape index (κ3) is 1.67. The largest absolute Gasteiger partial charge is 0.395 e. The molecule has 0 aliphatic heterocycles. The van der Waals surface area contributed by atoms with Gasteiger partial charge in [-0.05, 0) is 36.8 Å². The molecular formula is C15H19NO. The molecule has 1 atom stereocenters. The highest BCUT2D eigenvalue weighted by Crippen LogP contribution is 2.33. The first-order chi connectivity index (χ1) is 8.31. The second-order valence-electron chi connectivity index (χ2n) is 5.17. The van der Waals surface area contributed by atoms with Gasteiger partial charge in [-0.1, -0.05) is 25.1 Å². The molecule has 0 saturated heterocycles. The third-order valence-corrected chi connectivity index (χ3v) is 3.95. The quantitative estimate of drug-likeness (QED) is 0.841. The number of benzene rings is 1. The number of fused-ring (bicyclic) bond motifs is 3. The zero-order valence-corrected chi connectivity index (χ0v) is 10.3. The number of hydrogen-bond acceptors (Lipinski definition) is 1. The zero-order valence-electron chi connectivity index (χ0n) is 10.3. The van der Waals surface area contributed by atoms with Crippen LogP contribution in [0.1, 0.15) is 24.6 Å². The molecule has 90 valence electrons. The average molecular weight is 229 g/mol. The van der Waals surface area contributed by atoms with E-state index in [1.807, 2.05) is 0 Å². The predicted molar refractivity (Wildman–Crippen MR) is 70.2 cm³/mol. The summed E-state index contributed by atoms with van der Waals surface area (Å²) in [7, 11) is 0.